The fourth-order valence-corrected chi connectivity index (χ4v) is 1.79. The van der Waals surface area contributed by atoms with E-state index >= 15 is 0 Å². The maximum absolute atomic E-state index is 13.9. The molecule has 0 aliphatic rings. The summed E-state index contributed by atoms with van der Waals surface area (Å²) < 4.78 is 27.9. The minimum absolute atomic E-state index is 0.175. The van der Waals surface area contributed by atoms with Gasteiger partial charge in [-0.3, -0.25) is 10.2 Å². The fraction of sp³-hybridized carbons (Fsp3) is 0. The van der Waals surface area contributed by atoms with Gasteiger partial charge in [-0.2, -0.15) is 10.2 Å². The number of benzene rings is 1. The van der Waals surface area contributed by atoms with Crippen molar-refractivity contribution in [3.63, 3.8) is 0 Å². The number of nitrogens with zero attached hydrogens (tertiary/aromatic N) is 2. The number of rotatable bonds is 2. The molecular weight excluding hydrogens is 238 g/mol. The summed E-state index contributed by atoms with van der Waals surface area (Å²) in [6, 6.07) is 2.31. The molecule has 0 unspecified atom stereocenters. The molecule has 0 saturated carbocycles. The number of aromatic nitrogens is 4. The van der Waals surface area contributed by atoms with Crippen molar-refractivity contribution < 1.29 is 8.78 Å². The normalized spacial score (nSPS) is 10.8. The van der Waals surface area contributed by atoms with E-state index in [0.717, 1.165) is 12.1 Å². The number of halogens is 2. The first-order chi connectivity index (χ1) is 8.75. The van der Waals surface area contributed by atoms with E-state index in [1.54, 1.807) is 0 Å². The molecule has 3 aromatic rings. The van der Waals surface area contributed by atoms with Crippen molar-refractivity contribution in [2.24, 2.45) is 0 Å². The Morgan fingerprint density at radius 2 is 1.22 bits per heavy atom. The van der Waals surface area contributed by atoms with Crippen LogP contribution in [0.15, 0.2) is 36.9 Å². The molecule has 0 bridgehead atoms. The molecule has 0 radical (unpaired) electrons. The van der Waals surface area contributed by atoms with Gasteiger partial charge in [0.25, 0.3) is 0 Å². The lowest BCUT2D eigenvalue weighted by Gasteiger charge is -2.05. The smallest absolute Gasteiger partial charge is 0.131 e. The van der Waals surface area contributed by atoms with E-state index in [1.165, 1.54) is 24.8 Å². The van der Waals surface area contributed by atoms with Gasteiger partial charge >= 0.3 is 0 Å². The van der Waals surface area contributed by atoms with Crippen molar-refractivity contribution in [3.8, 4) is 22.3 Å². The van der Waals surface area contributed by atoms with Crippen LogP contribution in [0.2, 0.25) is 0 Å². The van der Waals surface area contributed by atoms with Gasteiger partial charge in [0.05, 0.1) is 12.4 Å². The van der Waals surface area contributed by atoms with Crippen molar-refractivity contribution >= 4 is 0 Å². The topological polar surface area (TPSA) is 57.4 Å². The molecule has 0 aliphatic carbocycles. The number of hydrogen-bond acceptors (Lipinski definition) is 2. The van der Waals surface area contributed by atoms with Crippen LogP contribution in [0.3, 0.4) is 0 Å². The highest BCUT2D eigenvalue weighted by atomic mass is 19.1. The van der Waals surface area contributed by atoms with E-state index in [2.05, 4.69) is 20.4 Å². The largest absolute Gasteiger partial charge is 0.285 e. The first-order valence-electron chi connectivity index (χ1n) is 5.23. The number of hydrogen-bond donors (Lipinski definition) is 2. The zero-order valence-corrected chi connectivity index (χ0v) is 9.11. The minimum atomic E-state index is -0.506. The monoisotopic (exact) mass is 246 g/mol. The van der Waals surface area contributed by atoms with E-state index in [4.69, 9.17) is 0 Å². The number of H-pyrrole nitrogens is 2. The zero-order chi connectivity index (χ0) is 12.5. The summed E-state index contributed by atoms with van der Waals surface area (Å²) in [7, 11) is 0. The predicted octanol–water partition coefficient (Wildman–Crippen LogP) is 2.75. The third kappa shape index (κ3) is 1.67. The van der Waals surface area contributed by atoms with Gasteiger partial charge in [0.15, 0.2) is 0 Å². The molecule has 90 valence electrons. The molecule has 6 heteroatoms. The van der Waals surface area contributed by atoms with Crippen LogP contribution in [0.25, 0.3) is 22.3 Å². The van der Waals surface area contributed by atoms with Crippen molar-refractivity contribution in [2.75, 3.05) is 0 Å². The highest BCUT2D eigenvalue weighted by Crippen LogP contribution is 2.29. The molecular formula is C12H8F2N4. The van der Waals surface area contributed by atoms with Gasteiger partial charge in [0.2, 0.25) is 0 Å². The highest BCUT2D eigenvalue weighted by Gasteiger charge is 2.14. The molecule has 0 spiro atoms. The molecule has 2 aromatic heterocycles. The average molecular weight is 246 g/mol. The SMILES string of the molecule is Fc1cc(-c2cn[nH]c2)c(F)cc1-c1cn[nH]c1. The Balaban J connectivity index is 2.15. The van der Waals surface area contributed by atoms with Crippen LogP contribution in [0.4, 0.5) is 8.78 Å². The van der Waals surface area contributed by atoms with Gasteiger partial charge in [-0.1, -0.05) is 0 Å². The first kappa shape index (κ1) is 10.6. The Morgan fingerprint density at radius 3 is 1.56 bits per heavy atom. The second-order valence-electron chi connectivity index (χ2n) is 3.79. The average Bonchev–Trinajstić information content (AvgIpc) is 3.02. The van der Waals surface area contributed by atoms with E-state index < -0.39 is 11.6 Å². The summed E-state index contributed by atoms with van der Waals surface area (Å²) in [5.74, 6) is -1.01. The van der Waals surface area contributed by atoms with Gasteiger partial charge in [0, 0.05) is 34.6 Å². The maximum Gasteiger partial charge on any atom is 0.131 e. The van der Waals surface area contributed by atoms with E-state index in [1.807, 2.05) is 0 Å². The van der Waals surface area contributed by atoms with Crippen LogP contribution in [-0.4, -0.2) is 20.4 Å². The Labute approximate surface area is 101 Å². The van der Waals surface area contributed by atoms with Crippen LogP contribution in [-0.2, 0) is 0 Å². The summed E-state index contributed by atoms with van der Waals surface area (Å²) in [6.07, 6.45) is 5.90. The molecule has 0 fully saturated rings. The Bertz CT molecular complexity index is 600. The van der Waals surface area contributed by atoms with Gasteiger partial charge < -0.3 is 0 Å². The van der Waals surface area contributed by atoms with Crippen molar-refractivity contribution in [1.29, 1.82) is 0 Å². The van der Waals surface area contributed by atoms with Gasteiger partial charge in [-0.25, -0.2) is 8.78 Å². The van der Waals surface area contributed by atoms with Crippen molar-refractivity contribution in [2.45, 2.75) is 0 Å². The van der Waals surface area contributed by atoms with E-state index in [9.17, 15) is 8.78 Å². The van der Waals surface area contributed by atoms with Crippen LogP contribution in [0.5, 0.6) is 0 Å². The van der Waals surface area contributed by atoms with Gasteiger partial charge in [-0.15, -0.1) is 0 Å². The molecule has 1 aromatic carbocycles. The van der Waals surface area contributed by atoms with Crippen molar-refractivity contribution in [1.82, 2.24) is 20.4 Å². The van der Waals surface area contributed by atoms with Crippen LogP contribution in [0, 0.1) is 11.6 Å². The van der Waals surface area contributed by atoms with Crippen LogP contribution in [0.1, 0.15) is 0 Å². The quantitative estimate of drug-likeness (QED) is 0.730. The molecule has 2 heterocycles. The second kappa shape index (κ2) is 4.06. The number of aromatic amines is 2. The molecule has 0 amide bonds. The summed E-state index contributed by atoms with van der Waals surface area (Å²) in [6.45, 7) is 0. The van der Waals surface area contributed by atoms with Gasteiger partial charge in [-0.05, 0) is 12.1 Å². The second-order valence-corrected chi connectivity index (χ2v) is 3.79. The highest BCUT2D eigenvalue weighted by molar-refractivity contribution is 5.70. The summed E-state index contributed by atoms with van der Waals surface area (Å²) >= 11 is 0. The summed E-state index contributed by atoms with van der Waals surface area (Å²) in [5, 5.41) is 12.6. The molecule has 0 aliphatic heterocycles. The first-order valence-corrected chi connectivity index (χ1v) is 5.23. The van der Waals surface area contributed by atoms with E-state index in [-0.39, 0.29) is 11.1 Å². The van der Waals surface area contributed by atoms with Gasteiger partial charge in [0.1, 0.15) is 11.6 Å². The third-order valence-corrected chi connectivity index (χ3v) is 2.68. The standard InChI is InChI=1S/C12H8F2N4/c13-11-1-9(7-3-15-16-4-7)12(14)2-10(11)8-5-17-18-6-8/h1-6H,(H,15,16)(H,17,18). The maximum atomic E-state index is 13.9. The summed E-state index contributed by atoms with van der Waals surface area (Å²) in [4.78, 5) is 0. The lowest BCUT2D eigenvalue weighted by Crippen LogP contribution is -1.90. The predicted molar refractivity (Wildman–Crippen MR) is 61.5 cm³/mol. The molecule has 0 atom stereocenters. The van der Waals surface area contributed by atoms with E-state index in [0.29, 0.717) is 11.1 Å². The lowest BCUT2D eigenvalue weighted by atomic mass is 10.0. The molecule has 4 nitrogen and oxygen atoms in total. The fourth-order valence-electron chi connectivity index (χ4n) is 1.79. The van der Waals surface area contributed by atoms with Crippen molar-refractivity contribution in [3.05, 3.63) is 48.6 Å². The van der Waals surface area contributed by atoms with Crippen LogP contribution < -0.4 is 0 Å². The Kier molecular flexibility index (Phi) is 2.40. The Hall–Kier alpha value is -2.50. The number of nitrogens with one attached hydrogen (secondary N) is 2. The molecule has 0 saturated heterocycles. The zero-order valence-electron chi connectivity index (χ0n) is 9.11. The molecule has 18 heavy (non-hydrogen) atoms. The summed E-state index contributed by atoms with van der Waals surface area (Å²) in [5.41, 5.74) is 1.36. The third-order valence-electron chi connectivity index (χ3n) is 2.68. The van der Waals surface area contributed by atoms with Crippen LogP contribution >= 0.6 is 0 Å². The minimum Gasteiger partial charge on any atom is -0.285 e. The Morgan fingerprint density at radius 1 is 0.778 bits per heavy atom. The molecule has 2 N–H and O–H groups in total. The molecule has 3 rings (SSSR count). The lowest BCUT2D eigenvalue weighted by molar-refractivity contribution is 0.606.